The molecular weight excluding hydrogens is 319 g/mol. The van der Waals surface area contributed by atoms with Gasteiger partial charge in [-0.1, -0.05) is 31.2 Å². The van der Waals surface area contributed by atoms with E-state index in [1.165, 1.54) is 17.7 Å². The van der Waals surface area contributed by atoms with E-state index in [0.717, 1.165) is 17.7 Å². The summed E-state index contributed by atoms with van der Waals surface area (Å²) in [5, 5.41) is 8.88. The summed E-state index contributed by atoms with van der Waals surface area (Å²) in [4.78, 5) is 16.1. The highest BCUT2D eigenvalue weighted by Gasteiger charge is 2.05. The summed E-state index contributed by atoms with van der Waals surface area (Å²) in [7, 11) is 1.63. The first-order valence-electron chi connectivity index (χ1n) is 8.18. The average Bonchev–Trinajstić information content (AvgIpc) is 2.63. The highest BCUT2D eigenvalue weighted by molar-refractivity contribution is 5.95. The monoisotopic (exact) mass is 342 g/mol. The van der Waals surface area contributed by atoms with Gasteiger partial charge in [0.2, 0.25) is 5.91 Å². The largest absolute Gasteiger partial charge is 0.352 e. The van der Waals surface area contributed by atoms with Crippen molar-refractivity contribution in [3.8, 4) is 0 Å². The summed E-state index contributed by atoms with van der Waals surface area (Å²) in [6.45, 7) is 2.65. The molecule has 5 nitrogen and oxygen atoms in total. The number of amides is 1. The van der Waals surface area contributed by atoms with Crippen molar-refractivity contribution in [1.82, 2.24) is 10.6 Å². The van der Waals surface area contributed by atoms with Crippen LogP contribution >= 0.6 is 0 Å². The molecule has 1 amide bonds. The van der Waals surface area contributed by atoms with Crippen molar-refractivity contribution in [1.29, 1.82) is 0 Å². The molecule has 6 heteroatoms. The molecule has 0 aliphatic heterocycles. The summed E-state index contributed by atoms with van der Waals surface area (Å²) in [6.07, 6.45) is 0.919. The number of aliphatic imine (C=N–C) groups is 1. The van der Waals surface area contributed by atoms with Gasteiger partial charge < -0.3 is 16.0 Å². The number of hydrogen-bond donors (Lipinski definition) is 3. The first kappa shape index (κ1) is 18.4. The van der Waals surface area contributed by atoms with Crippen LogP contribution in [0.3, 0.4) is 0 Å². The minimum atomic E-state index is -0.268. The van der Waals surface area contributed by atoms with Crippen LogP contribution in [0.25, 0.3) is 0 Å². The zero-order valence-electron chi connectivity index (χ0n) is 14.5. The molecule has 0 unspecified atom stereocenters. The van der Waals surface area contributed by atoms with Crippen molar-refractivity contribution in [2.75, 3.05) is 18.9 Å². The zero-order chi connectivity index (χ0) is 18.1. The molecule has 0 radical (unpaired) electrons. The molecule has 2 aromatic rings. The van der Waals surface area contributed by atoms with Crippen molar-refractivity contribution >= 4 is 17.6 Å². The Kier molecular flexibility index (Phi) is 6.95. The fourth-order valence-electron chi connectivity index (χ4n) is 2.25. The Balaban J connectivity index is 1.79. The van der Waals surface area contributed by atoms with Gasteiger partial charge >= 0.3 is 0 Å². The SMILES string of the molecule is CCc1cccc(NC(=O)CNC(=NC)NCc2ccc(F)cc2)c1. The van der Waals surface area contributed by atoms with Crippen LogP contribution in [-0.2, 0) is 17.8 Å². The third-order valence-corrected chi connectivity index (χ3v) is 3.63. The van der Waals surface area contributed by atoms with Crippen molar-refractivity contribution in [3.05, 3.63) is 65.5 Å². The third kappa shape index (κ3) is 6.25. The molecule has 0 spiro atoms. The van der Waals surface area contributed by atoms with Crippen LogP contribution < -0.4 is 16.0 Å². The topological polar surface area (TPSA) is 65.5 Å². The summed E-state index contributed by atoms with van der Waals surface area (Å²) in [5.41, 5.74) is 2.87. The number of guanidine groups is 1. The van der Waals surface area contributed by atoms with Crippen LogP contribution in [0.5, 0.6) is 0 Å². The van der Waals surface area contributed by atoms with Gasteiger partial charge in [0.25, 0.3) is 0 Å². The van der Waals surface area contributed by atoms with Crippen LogP contribution in [0.2, 0.25) is 0 Å². The van der Waals surface area contributed by atoms with E-state index in [1.807, 2.05) is 24.3 Å². The van der Waals surface area contributed by atoms with Crippen LogP contribution in [0.1, 0.15) is 18.1 Å². The lowest BCUT2D eigenvalue weighted by Gasteiger charge is -2.12. The minimum absolute atomic E-state index is 0.0967. The second kappa shape index (κ2) is 9.42. The fourth-order valence-corrected chi connectivity index (χ4v) is 2.25. The number of rotatable bonds is 6. The van der Waals surface area contributed by atoms with E-state index in [4.69, 9.17) is 0 Å². The van der Waals surface area contributed by atoms with Crippen LogP contribution in [0, 0.1) is 5.82 Å². The Bertz CT molecular complexity index is 728. The highest BCUT2D eigenvalue weighted by Crippen LogP contribution is 2.10. The molecule has 0 aromatic heterocycles. The van der Waals surface area contributed by atoms with Crippen LogP contribution in [0.4, 0.5) is 10.1 Å². The maximum absolute atomic E-state index is 12.9. The van der Waals surface area contributed by atoms with E-state index < -0.39 is 0 Å². The molecule has 0 heterocycles. The van der Waals surface area contributed by atoms with E-state index in [0.29, 0.717) is 12.5 Å². The van der Waals surface area contributed by atoms with Crippen LogP contribution in [0.15, 0.2) is 53.5 Å². The maximum Gasteiger partial charge on any atom is 0.243 e. The van der Waals surface area contributed by atoms with Gasteiger partial charge in [-0.2, -0.15) is 0 Å². The number of benzene rings is 2. The Hall–Kier alpha value is -2.89. The molecule has 0 bridgehead atoms. The van der Waals surface area contributed by atoms with E-state index in [1.54, 1.807) is 19.2 Å². The molecule has 3 N–H and O–H groups in total. The molecule has 25 heavy (non-hydrogen) atoms. The van der Waals surface area contributed by atoms with E-state index in [2.05, 4.69) is 27.9 Å². The Morgan fingerprint density at radius 1 is 1.08 bits per heavy atom. The number of carbonyl (C=O) groups is 1. The molecule has 0 fully saturated rings. The van der Waals surface area contributed by atoms with Crippen molar-refractivity contribution < 1.29 is 9.18 Å². The van der Waals surface area contributed by atoms with Gasteiger partial charge in [0.15, 0.2) is 5.96 Å². The quantitative estimate of drug-likeness (QED) is 0.559. The molecule has 132 valence electrons. The maximum atomic E-state index is 12.9. The predicted octanol–water partition coefficient (Wildman–Crippen LogP) is 2.69. The number of halogens is 1. The lowest BCUT2D eigenvalue weighted by molar-refractivity contribution is -0.115. The van der Waals surface area contributed by atoms with Crippen molar-refractivity contribution in [2.24, 2.45) is 4.99 Å². The molecule has 0 saturated carbocycles. The van der Waals surface area contributed by atoms with Crippen LogP contribution in [-0.4, -0.2) is 25.5 Å². The number of anilines is 1. The van der Waals surface area contributed by atoms with Gasteiger partial charge in [0.1, 0.15) is 5.82 Å². The van der Waals surface area contributed by atoms with Gasteiger partial charge in [0, 0.05) is 19.3 Å². The first-order valence-corrected chi connectivity index (χ1v) is 8.18. The summed E-state index contributed by atoms with van der Waals surface area (Å²) in [6, 6.07) is 14.0. The normalized spacial score (nSPS) is 11.1. The minimum Gasteiger partial charge on any atom is -0.352 e. The summed E-state index contributed by atoms with van der Waals surface area (Å²) >= 11 is 0. The molecule has 0 saturated heterocycles. The van der Waals surface area contributed by atoms with Gasteiger partial charge in [-0.05, 0) is 41.8 Å². The van der Waals surface area contributed by atoms with E-state index in [-0.39, 0.29) is 18.3 Å². The molecule has 0 atom stereocenters. The molecular formula is C19H23FN4O. The Morgan fingerprint density at radius 3 is 2.52 bits per heavy atom. The van der Waals surface area contributed by atoms with Crippen molar-refractivity contribution in [3.63, 3.8) is 0 Å². The summed E-state index contributed by atoms with van der Waals surface area (Å²) < 4.78 is 12.9. The van der Waals surface area contributed by atoms with Crippen molar-refractivity contribution in [2.45, 2.75) is 19.9 Å². The molecule has 0 aliphatic rings. The van der Waals surface area contributed by atoms with E-state index >= 15 is 0 Å². The number of nitrogens with one attached hydrogen (secondary N) is 3. The number of nitrogens with zero attached hydrogens (tertiary/aromatic N) is 1. The standard InChI is InChI=1S/C19H23FN4O/c1-3-14-5-4-6-17(11-14)24-18(25)13-23-19(21-2)22-12-15-7-9-16(20)10-8-15/h4-11H,3,12-13H2,1-2H3,(H,24,25)(H2,21,22,23). The van der Waals surface area contributed by atoms with Gasteiger partial charge in [-0.15, -0.1) is 0 Å². The smallest absolute Gasteiger partial charge is 0.243 e. The van der Waals surface area contributed by atoms with Gasteiger partial charge in [-0.25, -0.2) is 4.39 Å². The number of aryl methyl sites for hydroxylation is 1. The molecule has 2 rings (SSSR count). The second-order valence-electron chi connectivity index (χ2n) is 5.51. The zero-order valence-corrected chi connectivity index (χ0v) is 14.5. The Labute approximate surface area is 147 Å². The predicted molar refractivity (Wildman–Crippen MR) is 99.1 cm³/mol. The third-order valence-electron chi connectivity index (χ3n) is 3.63. The summed E-state index contributed by atoms with van der Waals surface area (Å²) in [5.74, 6) is 0.0786. The van der Waals surface area contributed by atoms with E-state index in [9.17, 15) is 9.18 Å². The number of carbonyl (C=O) groups excluding carboxylic acids is 1. The van der Waals surface area contributed by atoms with Gasteiger partial charge in [-0.3, -0.25) is 9.79 Å². The van der Waals surface area contributed by atoms with Gasteiger partial charge in [0.05, 0.1) is 6.54 Å². The first-order chi connectivity index (χ1) is 12.1. The lowest BCUT2D eigenvalue weighted by atomic mass is 10.1. The number of hydrogen-bond acceptors (Lipinski definition) is 2. The fraction of sp³-hybridized carbons (Fsp3) is 0.263. The second-order valence-corrected chi connectivity index (χ2v) is 5.51. The average molecular weight is 342 g/mol. The molecule has 2 aromatic carbocycles. The Morgan fingerprint density at radius 2 is 1.84 bits per heavy atom. The lowest BCUT2D eigenvalue weighted by Crippen LogP contribution is -2.41. The molecule has 0 aliphatic carbocycles. The highest BCUT2D eigenvalue weighted by atomic mass is 19.1.